The van der Waals surface area contributed by atoms with E-state index >= 15 is 0 Å². The summed E-state index contributed by atoms with van der Waals surface area (Å²) < 4.78 is 0. The lowest BCUT2D eigenvalue weighted by molar-refractivity contribution is -0.121. The highest BCUT2D eigenvalue weighted by atomic mass is 35.5. The second kappa shape index (κ2) is 9.44. The van der Waals surface area contributed by atoms with Gasteiger partial charge in [-0.2, -0.15) is 0 Å². The largest absolute Gasteiger partial charge is 0.355 e. The first kappa shape index (κ1) is 18.5. The molecule has 0 radical (unpaired) electrons. The molecule has 2 aromatic carbocycles. The molecule has 2 N–H and O–H groups in total. The van der Waals surface area contributed by atoms with Gasteiger partial charge in [-0.3, -0.25) is 4.79 Å². The maximum atomic E-state index is 11.8. The van der Waals surface area contributed by atoms with E-state index in [0.717, 1.165) is 13.0 Å². The van der Waals surface area contributed by atoms with Crippen LogP contribution in [0.2, 0.25) is 0 Å². The Balaban J connectivity index is 0.00000242. The van der Waals surface area contributed by atoms with Gasteiger partial charge >= 0.3 is 0 Å². The average molecular weight is 321 g/mol. The van der Waals surface area contributed by atoms with Crippen LogP contribution >= 0.6 is 12.4 Å². The van der Waals surface area contributed by atoms with E-state index in [9.17, 15) is 4.79 Å². The van der Waals surface area contributed by atoms with E-state index in [0.29, 0.717) is 19.0 Å². The molecule has 0 bridgehead atoms. The molecule has 1 atom stereocenters. The standard InChI is InChI=1S/C18H24N2O.ClH/c1-3-19-14(2)13-20-18(21)11-9-15-8-10-16-6-4-5-7-17(16)12-15;/h4-8,10,12,14,19H,3,9,11,13H2,1-2H3,(H,20,21);1H/t14-;/m1./s1. The van der Waals surface area contributed by atoms with E-state index in [1.165, 1.54) is 16.3 Å². The van der Waals surface area contributed by atoms with E-state index in [1.807, 2.05) is 12.1 Å². The highest BCUT2D eigenvalue weighted by Crippen LogP contribution is 2.16. The molecule has 2 aromatic rings. The van der Waals surface area contributed by atoms with Crippen molar-refractivity contribution in [2.75, 3.05) is 13.1 Å². The minimum absolute atomic E-state index is 0. The van der Waals surface area contributed by atoms with E-state index in [-0.39, 0.29) is 18.3 Å². The lowest BCUT2D eigenvalue weighted by atomic mass is 10.0. The summed E-state index contributed by atoms with van der Waals surface area (Å²) >= 11 is 0. The molecule has 3 nitrogen and oxygen atoms in total. The van der Waals surface area contributed by atoms with Crippen molar-refractivity contribution < 1.29 is 4.79 Å². The zero-order valence-electron chi connectivity index (χ0n) is 13.3. The zero-order chi connectivity index (χ0) is 15.1. The van der Waals surface area contributed by atoms with Gasteiger partial charge in [0.1, 0.15) is 0 Å². The van der Waals surface area contributed by atoms with Crippen molar-refractivity contribution in [2.24, 2.45) is 0 Å². The maximum absolute atomic E-state index is 11.8. The fraction of sp³-hybridized carbons (Fsp3) is 0.389. The molecule has 0 unspecified atom stereocenters. The van der Waals surface area contributed by atoms with Gasteiger partial charge in [0.25, 0.3) is 0 Å². The molecule has 1 amide bonds. The molecule has 0 heterocycles. The lowest BCUT2D eigenvalue weighted by Crippen LogP contribution is -2.38. The van der Waals surface area contributed by atoms with Crippen LogP contribution in [0.5, 0.6) is 0 Å². The van der Waals surface area contributed by atoms with Crippen molar-refractivity contribution in [3.05, 3.63) is 48.0 Å². The summed E-state index contributed by atoms with van der Waals surface area (Å²) in [6.45, 7) is 5.75. The summed E-state index contributed by atoms with van der Waals surface area (Å²) in [5, 5.41) is 8.73. The lowest BCUT2D eigenvalue weighted by Gasteiger charge is -2.13. The first-order valence-electron chi connectivity index (χ1n) is 7.67. The predicted octanol–water partition coefficient (Wildman–Crippen LogP) is 3.31. The Hall–Kier alpha value is -1.58. The van der Waals surface area contributed by atoms with Gasteiger partial charge in [-0.15, -0.1) is 12.4 Å². The highest BCUT2D eigenvalue weighted by Gasteiger charge is 2.05. The monoisotopic (exact) mass is 320 g/mol. The minimum Gasteiger partial charge on any atom is -0.355 e. The van der Waals surface area contributed by atoms with Gasteiger partial charge in [0.2, 0.25) is 5.91 Å². The van der Waals surface area contributed by atoms with Crippen LogP contribution in [0.3, 0.4) is 0 Å². The molecular weight excluding hydrogens is 296 g/mol. The number of rotatable bonds is 7. The van der Waals surface area contributed by atoms with Crippen LogP contribution in [-0.2, 0) is 11.2 Å². The van der Waals surface area contributed by atoms with Gasteiger partial charge in [0.05, 0.1) is 0 Å². The third-order valence-corrected chi connectivity index (χ3v) is 3.61. The summed E-state index contributed by atoms with van der Waals surface area (Å²) in [6.07, 6.45) is 1.32. The number of hydrogen-bond acceptors (Lipinski definition) is 2. The number of nitrogens with one attached hydrogen (secondary N) is 2. The first-order valence-corrected chi connectivity index (χ1v) is 7.67. The first-order chi connectivity index (χ1) is 10.2. The quantitative estimate of drug-likeness (QED) is 0.821. The highest BCUT2D eigenvalue weighted by molar-refractivity contribution is 5.85. The molecular formula is C18H25ClN2O. The van der Waals surface area contributed by atoms with Gasteiger partial charge in [0, 0.05) is 19.0 Å². The Labute approximate surface area is 138 Å². The van der Waals surface area contributed by atoms with Crippen LogP contribution in [0.15, 0.2) is 42.5 Å². The van der Waals surface area contributed by atoms with Gasteiger partial charge in [0.15, 0.2) is 0 Å². The molecule has 0 fully saturated rings. The number of hydrogen-bond donors (Lipinski definition) is 2. The Bertz CT molecular complexity index is 600. The van der Waals surface area contributed by atoms with Crippen molar-refractivity contribution in [2.45, 2.75) is 32.7 Å². The average Bonchev–Trinajstić information content (AvgIpc) is 2.51. The summed E-state index contributed by atoms with van der Waals surface area (Å²) in [5.74, 6) is 0.118. The number of benzene rings is 2. The number of carbonyl (C=O) groups is 1. The van der Waals surface area contributed by atoms with Crippen LogP contribution in [0.25, 0.3) is 10.8 Å². The molecule has 0 aliphatic heterocycles. The fourth-order valence-corrected chi connectivity index (χ4v) is 2.43. The second-order valence-electron chi connectivity index (χ2n) is 5.44. The Morgan fingerprint density at radius 1 is 1.14 bits per heavy atom. The number of fused-ring (bicyclic) bond motifs is 1. The molecule has 0 saturated heterocycles. The molecule has 2 rings (SSSR count). The normalized spacial score (nSPS) is 11.7. The maximum Gasteiger partial charge on any atom is 0.220 e. The summed E-state index contributed by atoms with van der Waals surface area (Å²) in [5.41, 5.74) is 1.21. The van der Waals surface area contributed by atoms with Crippen molar-refractivity contribution in [1.82, 2.24) is 10.6 Å². The molecule has 0 aliphatic carbocycles. The summed E-state index contributed by atoms with van der Waals surface area (Å²) in [4.78, 5) is 11.8. The molecule has 0 aliphatic rings. The molecule has 4 heteroatoms. The van der Waals surface area contributed by atoms with Crippen LogP contribution in [-0.4, -0.2) is 25.0 Å². The SMILES string of the molecule is CCN[C@H](C)CNC(=O)CCc1ccc2ccccc2c1.Cl. The number of halogens is 1. The number of carbonyl (C=O) groups excluding carboxylic acids is 1. The molecule has 22 heavy (non-hydrogen) atoms. The van der Waals surface area contributed by atoms with Gasteiger partial charge in [-0.1, -0.05) is 49.4 Å². The molecule has 120 valence electrons. The van der Waals surface area contributed by atoms with E-state index < -0.39 is 0 Å². The van der Waals surface area contributed by atoms with Crippen LogP contribution in [0, 0.1) is 0 Å². The second-order valence-corrected chi connectivity index (χ2v) is 5.44. The number of amides is 1. The van der Waals surface area contributed by atoms with Crippen molar-refractivity contribution in [1.29, 1.82) is 0 Å². The zero-order valence-corrected chi connectivity index (χ0v) is 14.1. The smallest absolute Gasteiger partial charge is 0.220 e. The summed E-state index contributed by atoms with van der Waals surface area (Å²) in [6, 6.07) is 15.0. The molecule has 0 spiro atoms. The fourth-order valence-electron chi connectivity index (χ4n) is 2.43. The van der Waals surface area contributed by atoms with Crippen molar-refractivity contribution >= 4 is 29.1 Å². The van der Waals surface area contributed by atoms with Gasteiger partial charge in [-0.25, -0.2) is 0 Å². The van der Waals surface area contributed by atoms with Crippen molar-refractivity contribution in [3.63, 3.8) is 0 Å². The Kier molecular flexibility index (Phi) is 7.92. The van der Waals surface area contributed by atoms with Crippen LogP contribution in [0.4, 0.5) is 0 Å². The van der Waals surface area contributed by atoms with Gasteiger partial charge in [-0.05, 0) is 36.2 Å². The third kappa shape index (κ3) is 5.66. The Morgan fingerprint density at radius 3 is 2.59 bits per heavy atom. The van der Waals surface area contributed by atoms with Gasteiger partial charge < -0.3 is 10.6 Å². The number of likely N-dealkylation sites (N-methyl/N-ethyl adjacent to an activating group) is 1. The molecule has 0 saturated carbocycles. The third-order valence-electron chi connectivity index (χ3n) is 3.61. The topological polar surface area (TPSA) is 41.1 Å². The number of aryl methyl sites for hydroxylation is 1. The van der Waals surface area contributed by atoms with E-state index in [1.54, 1.807) is 0 Å². The van der Waals surface area contributed by atoms with Crippen LogP contribution < -0.4 is 10.6 Å². The Morgan fingerprint density at radius 2 is 1.86 bits per heavy atom. The minimum atomic E-state index is 0. The van der Waals surface area contributed by atoms with E-state index in [2.05, 4.69) is 54.8 Å². The summed E-state index contributed by atoms with van der Waals surface area (Å²) in [7, 11) is 0. The predicted molar refractivity (Wildman–Crippen MR) is 95.7 cm³/mol. The van der Waals surface area contributed by atoms with Crippen molar-refractivity contribution in [3.8, 4) is 0 Å². The van der Waals surface area contributed by atoms with Crippen LogP contribution in [0.1, 0.15) is 25.8 Å². The molecule has 0 aromatic heterocycles. The van der Waals surface area contributed by atoms with E-state index in [4.69, 9.17) is 0 Å².